The molecule has 0 saturated carbocycles. The highest BCUT2D eigenvalue weighted by Crippen LogP contribution is 2.45. The van der Waals surface area contributed by atoms with E-state index in [0.29, 0.717) is 6.07 Å². The highest BCUT2D eigenvalue weighted by molar-refractivity contribution is 7.46. The third-order valence-corrected chi connectivity index (χ3v) is 2.23. The normalized spacial score (nSPS) is 13.5. The topological polar surface area (TPSA) is 66.8 Å². The van der Waals surface area contributed by atoms with E-state index in [1.165, 1.54) is 0 Å². The summed E-state index contributed by atoms with van der Waals surface area (Å²) in [6, 6.07) is 2.29. The van der Waals surface area contributed by atoms with Gasteiger partial charge >= 0.3 is 19.9 Å². The highest BCUT2D eigenvalue weighted by atomic mass is 31.2. The minimum Gasteiger partial charge on any atom is -0.404 e. The van der Waals surface area contributed by atoms with E-state index in [0.717, 1.165) is 12.1 Å². The van der Waals surface area contributed by atoms with Crippen LogP contribution in [0.5, 0.6) is 5.75 Å². The number of benzene rings is 1. The van der Waals surface area contributed by atoms with Crippen LogP contribution < -0.4 is 4.52 Å². The lowest BCUT2D eigenvalue weighted by Crippen LogP contribution is -2.33. The average molecular weight is 292 g/mol. The summed E-state index contributed by atoms with van der Waals surface area (Å²) in [5, 5.41) is 0. The molecule has 0 aliphatic carbocycles. The van der Waals surface area contributed by atoms with Crippen molar-refractivity contribution >= 4 is 7.82 Å². The van der Waals surface area contributed by atoms with Gasteiger partial charge in [0.05, 0.1) is 0 Å². The predicted molar refractivity (Wildman–Crippen MR) is 49.1 cm³/mol. The van der Waals surface area contributed by atoms with Gasteiger partial charge in [0.15, 0.2) is 0 Å². The van der Waals surface area contributed by atoms with E-state index < -0.39 is 31.2 Å². The fraction of sp³-hybridized carbons (Fsp3) is 0.250. The summed E-state index contributed by atoms with van der Waals surface area (Å²) in [6.07, 6.45) is -5.81. The zero-order valence-electron chi connectivity index (χ0n) is 8.36. The number of phosphoric acid groups is 1. The Labute approximate surface area is 97.2 Å². The van der Waals surface area contributed by atoms with Crippen molar-refractivity contribution in [2.45, 2.75) is 12.1 Å². The second kappa shape index (κ2) is 4.49. The van der Waals surface area contributed by atoms with Crippen molar-refractivity contribution in [2.24, 2.45) is 0 Å². The molecule has 1 aromatic rings. The van der Waals surface area contributed by atoms with Gasteiger partial charge in [-0.3, -0.25) is 9.79 Å². The number of rotatable bonds is 3. The Balaban J connectivity index is 3.14. The third kappa shape index (κ3) is 3.41. The maximum absolute atomic E-state index is 12.9. The number of phosphoric ester groups is 1. The van der Waals surface area contributed by atoms with E-state index in [4.69, 9.17) is 9.79 Å². The highest BCUT2D eigenvalue weighted by Gasteiger charge is 2.58. The largest absolute Gasteiger partial charge is 0.524 e. The Morgan fingerprint density at radius 1 is 1.11 bits per heavy atom. The molecule has 0 aliphatic heterocycles. The number of hydrogen-bond acceptors (Lipinski definition) is 2. The lowest BCUT2D eigenvalue weighted by molar-refractivity contribution is -0.289. The standard InChI is InChI=1S/C8H6F5O4P/c9-7(10,8(11,12)13)5-2-1-3-6(4-5)17-18(14,15)16/h1-4H,(H2,14,15,16). The van der Waals surface area contributed by atoms with Crippen LogP contribution in [-0.2, 0) is 10.5 Å². The van der Waals surface area contributed by atoms with Crippen LogP contribution in [0.25, 0.3) is 0 Å². The van der Waals surface area contributed by atoms with Gasteiger partial charge in [0.25, 0.3) is 0 Å². The molecule has 0 aromatic heterocycles. The van der Waals surface area contributed by atoms with Gasteiger partial charge in [-0.25, -0.2) is 4.57 Å². The zero-order chi connectivity index (χ0) is 14.2. The van der Waals surface area contributed by atoms with E-state index in [1.807, 2.05) is 0 Å². The molecule has 0 aliphatic rings. The molecule has 18 heavy (non-hydrogen) atoms. The first-order chi connectivity index (χ1) is 7.93. The Morgan fingerprint density at radius 3 is 2.11 bits per heavy atom. The van der Waals surface area contributed by atoms with Crippen molar-refractivity contribution < 1.29 is 40.8 Å². The van der Waals surface area contributed by atoms with E-state index in [2.05, 4.69) is 4.52 Å². The van der Waals surface area contributed by atoms with Gasteiger partial charge in [-0.15, -0.1) is 0 Å². The molecule has 0 amide bonds. The summed E-state index contributed by atoms with van der Waals surface area (Å²) in [5.41, 5.74) is -1.47. The van der Waals surface area contributed by atoms with Crippen molar-refractivity contribution in [3.05, 3.63) is 29.8 Å². The molecule has 0 unspecified atom stereocenters. The van der Waals surface area contributed by atoms with Crippen LogP contribution in [-0.4, -0.2) is 16.0 Å². The molecular formula is C8H6F5O4P. The second-order valence-corrected chi connectivity index (χ2v) is 4.35. The van der Waals surface area contributed by atoms with E-state index in [1.54, 1.807) is 0 Å². The number of hydrogen-bond donors (Lipinski definition) is 2. The van der Waals surface area contributed by atoms with Crippen LogP contribution in [0.2, 0.25) is 0 Å². The molecule has 10 heteroatoms. The maximum Gasteiger partial charge on any atom is 0.524 e. The Hall–Kier alpha value is -1.18. The average Bonchev–Trinajstić information content (AvgIpc) is 2.13. The minimum atomic E-state index is -5.81. The number of halogens is 5. The van der Waals surface area contributed by atoms with Crippen LogP contribution in [0, 0.1) is 0 Å². The van der Waals surface area contributed by atoms with Gasteiger partial charge in [0.1, 0.15) is 5.75 Å². The summed E-state index contributed by atoms with van der Waals surface area (Å²) in [4.78, 5) is 16.8. The Kier molecular flexibility index (Phi) is 3.71. The summed E-state index contributed by atoms with van der Waals surface area (Å²) < 4.78 is 76.3. The van der Waals surface area contributed by atoms with Crippen LogP contribution in [0.3, 0.4) is 0 Å². The van der Waals surface area contributed by atoms with Crippen molar-refractivity contribution in [3.8, 4) is 5.75 Å². The molecule has 2 N–H and O–H groups in total. The van der Waals surface area contributed by atoms with Crippen molar-refractivity contribution in [1.29, 1.82) is 0 Å². The van der Waals surface area contributed by atoms with Crippen molar-refractivity contribution in [3.63, 3.8) is 0 Å². The van der Waals surface area contributed by atoms with Crippen LogP contribution >= 0.6 is 7.82 Å². The van der Waals surface area contributed by atoms with Gasteiger partial charge in [-0.2, -0.15) is 22.0 Å². The first-order valence-electron chi connectivity index (χ1n) is 4.24. The monoisotopic (exact) mass is 292 g/mol. The Morgan fingerprint density at radius 2 is 1.67 bits per heavy atom. The predicted octanol–water partition coefficient (Wildman–Crippen LogP) is 2.81. The molecule has 1 rings (SSSR count). The van der Waals surface area contributed by atoms with Crippen LogP contribution in [0.15, 0.2) is 24.3 Å². The summed E-state index contributed by atoms with van der Waals surface area (Å²) in [5.74, 6) is -5.92. The third-order valence-electron chi connectivity index (χ3n) is 1.78. The van der Waals surface area contributed by atoms with Gasteiger partial charge in [0.2, 0.25) is 0 Å². The molecule has 0 spiro atoms. The second-order valence-electron chi connectivity index (χ2n) is 3.18. The molecule has 0 saturated heterocycles. The van der Waals surface area contributed by atoms with Crippen molar-refractivity contribution in [2.75, 3.05) is 0 Å². The SMILES string of the molecule is O=P(O)(O)Oc1cccc(C(F)(F)C(F)(F)F)c1. The zero-order valence-corrected chi connectivity index (χ0v) is 9.25. The molecule has 0 radical (unpaired) electrons. The smallest absolute Gasteiger partial charge is 0.404 e. The van der Waals surface area contributed by atoms with Crippen LogP contribution in [0.1, 0.15) is 5.56 Å². The van der Waals surface area contributed by atoms with Gasteiger partial charge in [-0.1, -0.05) is 12.1 Å². The van der Waals surface area contributed by atoms with Gasteiger partial charge in [-0.05, 0) is 12.1 Å². The first kappa shape index (κ1) is 14.9. The molecule has 4 nitrogen and oxygen atoms in total. The van der Waals surface area contributed by atoms with Crippen molar-refractivity contribution in [1.82, 2.24) is 0 Å². The van der Waals surface area contributed by atoms with Crippen LogP contribution in [0.4, 0.5) is 22.0 Å². The quantitative estimate of drug-likeness (QED) is 0.664. The summed E-state index contributed by atoms with van der Waals surface area (Å²) in [6.45, 7) is 0. The maximum atomic E-state index is 12.9. The molecule has 0 fully saturated rings. The summed E-state index contributed by atoms with van der Waals surface area (Å²) >= 11 is 0. The lowest BCUT2D eigenvalue weighted by atomic mass is 10.1. The van der Waals surface area contributed by atoms with Gasteiger partial charge in [0, 0.05) is 5.56 Å². The molecule has 102 valence electrons. The molecule has 1 aromatic carbocycles. The van der Waals surface area contributed by atoms with Gasteiger partial charge < -0.3 is 4.52 Å². The minimum absolute atomic E-state index is 0.215. The molecule has 0 atom stereocenters. The van der Waals surface area contributed by atoms with E-state index in [9.17, 15) is 26.5 Å². The lowest BCUT2D eigenvalue weighted by Gasteiger charge is -2.20. The molecule has 0 bridgehead atoms. The van der Waals surface area contributed by atoms with E-state index in [-0.39, 0.29) is 6.07 Å². The fourth-order valence-corrected chi connectivity index (χ4v) is 1.44. The Bertz CT molecular complexity index is 481. The molecule has 0 heterocycles. The summed E-state index contributed by atoms with van der Waals surface area (Å²) in [7, 11) is -5.03. The number of alkyl halides is 5. The first-order valence-corrected chi connectivity index (χ1v) is 5.77. The van der Waals surface area contributed by atoms with E-state index >= 15 is 0 Å². The molecular weight excluding hydrogens is 286 g/mol. The fourth-order valence-electron chi connectivity index (χ4n) is 1.05.